The third-order valence-electron chi connectivity index (χ3n) is 4.25. The lowest BCUT2D eigenvalue weighted by Gasteiger charge is -2.30. The summed E-state index contributed by atoms with van der Waals surface area (Å²) in [6, 6.07) is 5.74. The molecule has 0 aliphatic heterocycles. The molecule has 1 aliphatic carbocycles. The maximum Gasteiger partial charge on any atom is 0.146 e. The van der Waals surface area contributed by atoms with Gasteiger partial charge in [-0.3, -0.25) is 0 Å². The minimum absolute atomic E-state index is 0.119. The van der Waals surface area contributed by atoms with Gasteiger partial charge in [-0.05, 0) is 37.5 Å². The van der Waals surface area contributed by atoms with Gasteiger partial charge in [-0.15, -0.1) is 0 Å². The van der Waals surface area contributed by atoms with E-state index in [2.05, 4.69) is 4.90 Å². The second-order valence-electron chi connectivity index (χ2n) is 5.76. The SMILES string of the molecule is C[C@@H](N)c1ccc(N(C)C2CCCCCC2)c(F)c1. The van der Waals surface area contributed by atoms with Gasteiger partial charge in [0.05, 0.1) is 5.69 Å². The maximum absolute atomic E-state index is 14.2. The van der Waals surface area contributed by atoms with Crippen molar-refractivity contribution >= 4 is 5.69 Å². The van der Waals surface area contributed by atoms with Crippen molar-refractivity contribution in [2.24, 2.45) is 5.73 Å². The lowest BCUT2D eigenvalue weighted by molar-refractivity contribution is 0.537. The van der Waals surface area contributed by atoms with Crippen LogP contribution >= 0.6 is 0 Å². The molecule has 3 heteroatoms. The van der Waals surface area contributed by atoms with Crippen LogP contribution in [0.5, 0.6) is 0 Å². The summed E-state index contributed by atoms with van der Waals surface area (Å²) in [6.45, 7) is 1.88. The van der Waals surface area contributed by atoms with Crippen molar-refractivity contribution in [3.05, 3.63) is 29.6 Å². The molecule has 1 saturated carbocycles. The summed E-state index contributed by atoms with van der Waals surface area (Å²) in [7, 11) is 2.01. The predicted molar refractivity (Wildman–Crippen MR) is 78.9 cm³/mol. The van der Waals surface area contributed by atoms with Gasteiger partial charge in [0.2, 0.25) is 0 Å². The molecule has 0 spiro atoms. The van der Waals surface area contributed by atoms with E-state index in [9.17, 15) is 4.39 Å². The van der Waals surface area contributed by atoms with Crippen molar-refractivity contribution in [3.63, 3.8) is 0 Å². The summed E-state index contributed by atoms with van der Waals surface area (Å²) in [5, 5.41) is 0. The summed E-state index contributed by atoms with van der Waals surface area (Å²) in [5.74, 6) is -0.151. The maximum atomic E-state index is 14.2. The fourth-order valence-corrected chi connectivity index (χ4v) is 2.93. The van der Waals surface area contributed by atoms with Crippen LogP contribution in [-0.4, -0.2) is 13.1 Å². The Balaban J connectivity index is 2.15. The lowest BCUT2D eigenvalue weighted by atomic mass is 10.0. The molecular weight excluding hydrogens is 239 g/mol. The van der Waals surface area contributed by atoms with Crippen molar-refractivity contribution in [2.75, 3.05) is 11.9 Å². The van der Waals surface area contributed by atoms with Crippen LogP contribution in [-0.2, 0) is 0 Å². The van der Waals surface area contributed by atoms with E-state index in [4.69, 9.17) is 5.73 Å². The second-order valence-corrected chi connectivity index (χ2v) is 5.76. The highest BCUT2D eigenvalue weighted by Crippen LogP contribution is 2.28. The average molecular weight is 264 g/mol. The van der Waals surface area contributed by atoms with Gasteiger partial charge >= 0.3 is 0 Å². The molecular formula is C16H25FN2. The molecule has 0 amide bonds. The van der Waals surface area contributed by atoms with Crippen LogP contribution in [0.15, 0.2) is 18.2 Å². The van der Waals surface area contributed by atoms with Crippen molar-refractivity contribution in [1.29, 1.82) is 0 Å². The third-order valence-corrected chi connectivity index (χ3v) is 4.25. The predicted octanol–water partition coefficient (Wildman–Crippen LogP) is 4.00. The van der Waals surface area contributed by atoms with E-state index in [0.717, 1.165) is 5.56 Å². The molecule has 1 atom stereocenters. The Kier molecular flexibility index (Phi) is 4.81. The Bertz CT molecular complexity index is 409. The van der Waals surface area contributed by atoms with Crippen LogP contribution < -0.4 is 10.6 Å². The topological polar surface area (TPSA) is 29.3 Å². The molecule has 1 aromatic carbocycles. The molecule has 0 radical (unpaired) electrons. The van der Waals surface area contributed by atoms with Crippen LogP contribution in [0.3, 0.4) is 0 Å². The first kappa shape index (κ1) is 14.3. The van der Waals surface area contributed by atoms with E-state index in [1.807, 2.05) is 26.1 Å². The molecule has 2 rings (SSSR count). The zero-order valence-electron chi connectivity index (χ0n) is 12.0. The van der Waals surface area contributed by atoms with Gasteiger partial charge in [0.25, 0.3) is 0 Å². The molecule has 0 unspecified atom stereocenters. The highest BCUT2D eigenvalue weighted by atomic mass is 19.1. The highest BCUT2D eigenvalue weighted by molar-refractivity contribution is 5.49. The summed E-state index contributed by atoms with van der Waals surface area (Å²) >= 11 is 0. The van der Waals surface area contributed by atoms with E-state index in [1.165, 1.54) is 38.5 Å². The largest absolute Gasteiger partial charge is 0.369 e. The van der Waals surface area contributed by atoms with Crippen LogP contribution in [0.25, 0.3) is 0 Å². The first-order valence-corrected chi connectivity index (χ1v) is 7.37. The molecule has 2 nitrogen and oxygen atoms in total. The van der Waals surface area contributed by atoms with E-state index in [-0.39, 0.29) is 11.9 Å². The Hall–Kier alpha value is -1.09. The fourth-order valence-electron chi connectivity index (χ4n) is 2.93. The lowest BCUT2D eigenvalue weighted by Crippen LogP contribution is -2.31. The van der Waals surface area contributed by atoms with Crippen molar-refractivity contribution in [1.82, 2.24) is 0 Å². The third kappa shape index (κ3) is 3.47. The number of nitrogens with two attached hydrogens (primary N) is 1. The summed E-state index contributed by atoms with van der Waals surface area (Å²) in [5.41, 5.74) is 7.35. The quantitative estimate of drug-likeness (QED) is 0.836. The number of hydrogen-bond acceptors (Lipinski definition) is 2. The van der Waals surface area contributed by atoms with Gasteiger partial charge < -0.3 is 10.6 Å². The van der Waals surface area contributed by atoms with Gasteiger partial charge in [0, 0.05) is 19.1 Å². The zero-order valence-corrected chi connectivity index (χ0v) is 12.0. The monoisotopic (exact) mass is 264 g/mol. The van der Waals surface area contributed by atoms with Gasteiger partial charge in [0.15, 0.2) is 0 Å². The molecule has 0 heterocycles. The molecule has 1 aromatic rings. The van der Waals surface area contributed by atoms with E-state index in [1.54, 1.807) is 6.07 Å². The van der Waals surface area contributed by atoms with E-state index >= 15 is 0 Å². The molecule has 2 N–H and O–H groups in total. The van der Waals surface area contributed by atoms with Crippen LogP contribution in [0.1, 0.15) is 57.1 Å². The van der Waals surface area contributed by atoms with Crippen molar-refractivity contribution in [3.8, 4) is 0 Å². The number of anilines is 1. The van der Waals surface area contributed by atoms with Crippen LogP contribution in [0, 0.1) is 5.82 Å². The summed E-state index contributed by atoms with van der Waals surface area (Å²) in [4.78, 5) is 2.12. The molecule has 1 fully saturated rings. The minimum atomic E-state index is -0.151. The summed E-state index contributed by atoms with van der Waals surface area (Å²) in [6.07, 6.45) is 7.49. The highest BCUT2D eigenvalue weighted by Gasteiger charge is 2.19. The number of benzene rings is 1. The molecule has 0 saturated heterocycles. The Morgan fingerprint density at radius 1 is 1.21 bits per heavy atom. The van der Waals surface area contributed by atoms with Crippen LogP contribution in [0.2, 0.25) is 0 Å². The van der Waals surface area contributed by atoms with Gasteiger partial charge in [-0.2, -0.15) is 0 Å². The average Bonchev–Trinajstić information content (AvgIpc) is 2.66. The minimum Gasteiger partial charge on any atom is -0.369 e. The molecule has 19 heavy (non-hydrogen) atoms. The van der Waals surface area contributed by atoms with Crippen molar-refractivity contribution in [2.45, 2.75) is 57.5 Å². The van der Waals surface area contributed by atoms with Gasteiger partial charge in [0.1, 0.15) is 5.82 Å². The number of hydrogen-bond donors (Lipinski definition) is 1. The Morgan fingerprint density at radius 2 is 1.84 bits per heavy atom. The Labute approximate surface area is 115 Å². The van der Waals surface area contributed by atoms with Crippen LogP contribution in [0.4, 0.5) is 10.1 Å². The van der Waals surface area contributed by atoms with Gasteiger partial charge in [-0.1, -0.05) is 31.7 Å². The normalized spacial score (nSPS) is 18.9. The number of nitrogens with zero attached hydrogens (tertiary/aromatic N) is 1. The smallest absolute Gasteiger partial charge is 0.146 e. The molecule has 0 bridgehead atoms. The molecule has 106 valence electrons. The zero-order chi connectivity index (χ0) is 13.8. The fraction of sp³-hybridized carbons (Fsp3) is 0.625. The Morgan fingerprint density at radius 3 is 2.37 bits per heavy atom. The first-order valence-electron chi connectivity index (χ1n) is 7.37. The standard InChI is InChI=1S/C16H25FN2/c1-12(18)13-9-10-16(15(17)11-13)19(2)14-7-5-3-4-6-8-14/h9-12,14H,3-8,18H2,1-2H3/t12-/m1/s1. The number of halogens is 1. The first-order chi connectivity index (χ1) is 9.09. The second kappa shape index (κ2) is 6.38. The van der Waals surface area contributed by atoms with Gasteiger partial charge in [-0.25, -0.2) is 4.39 Å². The number of rotatable bonds is 3. The van der Waals surface area contributed by atoms with Crippen molar-refractivity contribution < 1.29 is 4.39 Å². The summed E-state index contributed by atoms with van der Waals surface area (Å²) < 4.78 is 14.2. The molecule has 1 aliphatic rings. The molecule has 0 aromatic heterocycles. The van der Waals surface area contributed by atoms with E-state index < -0.39 is 0 Å². The van der Waals surface area contributed by atoms with E-state index in [0.29, 0.717) is 11.7 Å².